The largest absolute Gasteiger partial charge is 0.397 e. The number of aryl methyl sites for hydroxylation is 2. The van der Waals surface area contributed by atoms with E-state index in [1.807, 2.05) is 38.1 Å². The predicted molar refractivity (Wildman–Crippen MR) is 55.6 cm³/mol. The summed E-state index contributed by atoms with van der Waals surface area (Å²) in [5, 5.41) is 2.25. The number of hydrogen-bond donors (Lipinski definition) is 1. The van der Waals surface area contributed by atoms with E-state index in [0.29, 0.717) is 0 Å². The number of nitrogen functional groups attached to an aromatic ring is 1. The highest BCUT2D eigenvalue weighted by atomic mass is 14.7. The average Bonchev–Trinajstić information content (AvgIpc) is 2.15. The Morgan fingerprint density at radius 2 is 1.62 bits per heavy atom. The second-order valence-electron chi connectivity index (χ2n) is 3.24. The summed E-state index contributed by atoms with van der Waals surface area (Å²) in [7, 11) is 0. The lowest BCUT2D eigenvalue weighted by molar-refractivity contribution is 1.15. The van der Waals surface area contributed by atoms with Crippen LogP contribution in [0.2, 0.25) is 0 Å². The first-order valence-corrected chi connectivity index (χ1v) is 4.31. The number of anilines is 1. The molecule has 0 fully saturated rings. The number of fused-ring (bicyclic) bond motifs is 1. The van der Waals surface area contributed by atoms with Gasteiger partial charge in [-0.3, -0.25) is 4.98 Å². The lowest BCUT2D eigenvalue weighted by atomic mass is 10.1. The SMILES string of the molecule is Cc1nc(C)c2ccccc2c1N. The van der Waals surface area contributed by atoms with Crippen LogP contribution in [0.5, 0.6) is 0 Å². The summed E-state index contributed by atoms with van der Waals surface area (Å²) in [6.07, 6.45) is 0. The molecular formula is C11H12N2. The smallest absolute Gasteiger partial charge is 0.0611 e. The highest BCUT2D eigenvalue weighted by molar-refractivity contribution is 5.94. The van der Waals surface area contributed by atoms with Crippen LogP contribution in [0.3, 0.4) is 0 Å². The lowest BCUT2D eigenvalue weighted by Crippen LogP contribution is -1.96. The van der Waals surface area contributed by atoms with Crippen molar-refractivity contribution in [1.29, 1.82) is 0 Å². The third kappa shape index (κ3) is 1.15. The fourth-order valence-electron chi connectivity index (χ4n) is 1.60. The molecule has 1 aromatic carbocycles. The predicted octanol–water partition coefficient (Wildman–Crippen LogP) is 2.43. The number of hydrogen-bond acceptors (Lipinski definition) is 2. The molecule has 0 atom stereocenters. The van der Waals surface area contributed by atoms with E-state index in [9.17, 15) is 0 Å². The highest BCUT2D eigenvalue weighted by Crippen LogP contribution is 2.24. The molecular weight excluding hydrogens is 160 g/mol. The fourth-order valence-corrected chi connectivity index (χ4v) is 1.60. The number of pyridine rings is 1. The van der Waals surface area contributed by atoms with E-state index in [1.54, 1.807) is 0 Å². The van der Waals surface area contributed by atoms with E-state index < -0.39 is 0 Å². The van der Waals surface area contributed by atoms with Crippen LogP contribution < -0.4 is 5.73 Å². The van der Waals surface area contributed by atoms with Gasteiger partial charge >= 0.3 is 0 Å². The Morgan fingerprint density at radius 1 is 1.00 bits per heavy atom. The Kier molecular flexibility index (Phi) is 1.69. The van der Waals surface area contributed by atoms with Gasteiger partial charge in [-0.1, -0.05) is 24.3 Å². The number of nitrogens with zero attached hydrogens (tertiary/aromatic N) is 1. The molecule has 1 heterocycles. The maximum atomic E-state index is 5.92. The van der Waals surface area contributed by atoms with Crippen molar-refractivity contribution in [3.8, 4) is 0 Å². The van der Waals surface area contributed by atoms with Gasteiger partial charge in [-0.05, 0) is 13.8 Å². The van der Waals surface area contributed by atoms with Gasteiger partial charge in [0.25, 0.3) is 0 Å². The van der Waals surface area contributed by atoms with Crippen molar-refractivity contribution < 1.29 is 0 Å². The average molecular weight is 172 g/mol. The number of aromatic nitrogens is 1. The molecule has 2 heteroatoms. The number of nitrogens with two attached hydrogens (primary N) is 1. The van der Waals surface area contributed by atoms with Crippen LogP contribution in [0.1, 0.15) is 11.4 Å². The second kappa shape index (κ2) is 2.73. The molecule has 0 aliphatic heterocycles. The van der Waals surface area contributed by atoms with Crippen molar-refractivity contribution in [3.63, 3.8) is 0 Å². The van der Waals surface area contributed by atoms with Gasteiger partial charge in [-0.2, -0.15) is 0 Å². The van der Waals surface area contributed by atoms with Crippen molar-refractivity contribution in [2.45, 2.75) is 13.8 Å². The van der Waals surface area contributed by atoms with E-state index in [1.165, 1.54) is 0 Å². The zero-order chi connectivity index (χ0) is 9.42. The summed E-state index contributed by atoms with van der Waals surface area (Å²) in [6.45, 7) is 3.95. The fraction of sp³-hybridized carbons (Fsp3) is 0.182. The first-order valence-electron chi connectivity index (χ1n) is 4.31. The molecule has 2 aromatic rings. The summed E-state index contributed by atoms with van der Waals surface area (Å²) >= 11 is 0. The molecule has 2 rings (SSSR count). The summed E-state index contributed by atoms with van der Waals surface area (Å²) in [6, 6.07) is 8.09. The highest BCUT2D eigenvalue weighted by Gasteiger charge is 2.04. The molecule has 0 bridgehead atoms. The minimum absolute atomic E-state index is 0.793. The molecule has 1 aromatic heterocycles. The molecule has 13 heavy (non-hydrogen) atoms. The Morgan fingerprint density at radius 3 is 2.31 bits per heavy atom. The molecule has 66 valence electrons. The van der Waals surface area contributed by atoms with Crippen molar-refractivity contribution in [2.75, 3.05) is 5.73 Å². The monoisotopic (exact) mass is 172 g/mol. The van der Waals surface area contributed by atoms with Crippen LogP contribution in [-0.4, -0.2) is 4.98 Å². The molecule has 0 aliphatic carbocycles. The first-order chi connectivity index (χ1) is 6.20. The van der Waals surface area contributed by atoms with Crippen molar-refractivity contribution >= 4 is 16.5 Å². The zero-order valence-electron chi connectivity index (χ0n) is 7.83. The molecule has 2 nitrogen and oxygen atoms in total. The van der Waals surface area contributed by atoms with Gasteiger partial charge in [-0.15, -0.1) is 0 Å². The minimum atomic E-state index is 0.793. The molecule has 0 aliphatic rings. The molecule has 0 amide bonds. The van der Waals surface area contributed by atoms with Crippen LogP contribution in [-0.2, 0) is 0 Å². The summed E-state index contributed by atoms with van der Waals surface area (Å²) in [5.41, 5.74) is 8.67. The standard InChI is InChI=1S/C11H12N2/c1-7-9-5-3-4-6-10(9)11(12)8(2)13-7/h3-6H,12H2,1-2H3. The summed E-state index contributed by atoms with van der Waals surface area (Å²) in [5.74, 6) is 0. The Balaban J connectivity index is 2.97. The Hall–Kier alpha value is -1.57. The van der Waals surface area contributed by atoms with Gasteiger partial charge in [0.2, 0.25) is 0 Å². The van der Waals surface area contributed by atoms with Crippen molar-refractivity contribution in [2.24, 2.45) is 0 Å². The maximum absolute atomic E-state index is 5.92. The quantitative estimate of drug-likeness (QED) is 0.662. The van der Waals surface area contributed by atoms with Gasteiger partial charge in [0.15, 0.2) is 0 Å². The maximum Gasteiger partial charge on any atom is 0.0611 e. The van der Waals surface area contributed by atoms with E-state index in [-0.39, 0.29) is 0 Å². The molecule has 2 N–H and O–H groups in total. The van der Waals surface area contributed by atoms with Gasteiger partial charge in [0, 0.05) is 16.5 Å². The van der Waals surface area contributed by atoms with E-state index in [4.69, 9.17) is 5.73 Å². The molecule has 0 spiro atoms. The molecule has 0 saturated carbocycles. The molecule has 0 radical (unpaired) electrons. The van der Waals surface area contributed by atoms with Crippen LogP contribution in [0.4, 0.5) is 5.69 Å². The zero-order valence-corrected chi connectivity index (χ0v) is 7.83. The van der Waals surface area contributed by atoms with E-state index >= 15 is 0 Å². The number of benzene rings is 1. The van der Waals surface area contributed by atoms with Gasteiger partial charge in [0.1, 0.15) is 0 Å². The summed E-state index contributed by atoms with van der Waals surface area (Å²) in [4.78, 5) is 4.38. The van der Waals surface area contributed by atoms with Gasteiger partial charge in [0.05, 0.1) is 11.4 Å². The lowest BCUT2D eigenvalue weighted by Gasteiger charge is -2.07. The van der Waals surface area contributed by atoms with Crippen LogP contribution >= 0.6 is 0 Å². The first kappa shape index (κ1) is 8.05. The minimum Gasteiger partial charge on any atom is -0.397 e. The topological polar surface area (TPSA) is 38.9 Å². The second-order valence-corrected chi connectivity index (χ2v) is 3.24. The third-order valence-electron chi connectivity index (χ3n) is 2.33. The third-order valence-corrected chi connectivity index (χ3v) is 2.33. The van der Waals surface area contributed by atoms with Gasteiger partial charge in [-0.25, -0.2) is 0 Å². The summed E-state index contributed by atoms with van der Waals surface area (Å²) < 4.78 is 0. The van der Waals surface area contributed by atoms with E-state index in [0.717, 1.165) is 27.8 Å². The molecule has 0 saturated heterocycles. The van der Waals surface area contributed by atoms with E-state index in [2.05, 4.69) is 4.98 Å². The Labute approximate surface area is 77.4 Å². The normalized spacial score (nSPS) is 10.6. The van der Waals surface area contributed by atoms with Crippen LogP contribution in [0.25, 0.3) is 10.8 Å². The Bertz CT molecular complexity index is 461. The molecule has 0 unspecified atom stereocenters. The van der Waals surface area contributed by atoms with Crippen LogP contribution in [0, 0.1) is 13.8 Å². The number of rotatable bonds is 0. The van der Waals surface area contributed by atoms with Gasteiger partial charge < -0.3 is 5.73 Å². The van der Waals surface area contributed by atoms with Crippen molar-refractivity contribution in [1.82, 2.24) is 4.98 Å². The van der Waals surface area contributed by atoms with Crippen LogP contribution in [0.15, 0.2) is 24.3 Å². The van der Waals surface area contributed by atoms with Crippen molar-refractivity contribution in [3.05, 3.63) is 35.7 Å².